The molecule has 1 aliphatic rings. The number of nitrogens with one attached hydrogen (secondary N) is 3. The molecule has 0 aromatic heterocycles. The Bertz CT molecular complexity index is 671. The fraction of sp³-hybridized carbons (Fsp3) is 0.706. The number of likely N-dealkylation sites (tertiary alicyclic amines) is 1. The first-order chi connectivity index (χ1) is 14.0. The number of hydrogen-bond acceptors (Lipinski definition) is 8. The number of nitrogens with zero attached hydrogens (tertiary/aromatic N) is 1. The molecule has 1 rings (SSSR count). The average molecular weight is 431 g/mol. The van der Waals surface area contributed by atoms with Crippen molar-refractivity contribution in [3.63, 3.8) is 0 Å². The summed E-state index contributed by atoms with van der Waals surface area (Å²) in [5.41, 5.74) is 5.13. The van der Waals surface area contributed by atoms with Gasteiger partial charge in [0.2, 0.25) is 23.6 Å². The van der Waals surface area contributed by atoms with Crippen molar-refractivity contribution in [3.05, 3.63) is 0 Å². The van der Waals surface area contributed by atoms with Crippen LogP contribution in [0.1, 0.15) is 26.7 Å². The molecule has 0 aromatic carbocycles. The first kappa shape index (κ1) is 25.3. The number of amides is 4. The third kappa shape index (κ3) is 6.64. The molecule has 4 amide bonds. The van der Waals surface area contributed by atoms with E-state index in [9.17, 15) is 39.3 Å². The van der Waals surface area contributed by atoms with Gasteiger partial charge in [0.05, 0.1) is 19.3 Å². The maximum Gasteiger partial charge on any atom is 0.326 e. The van der Waals surface area contributed by atoms with Crippen LogP contribution in [0.15, 0.2) is 0 Å². The standard InChI is InChI=1S/C17H29N5O8/c1-8(16(28)22-5-3-4-11(22)17(29)30)19-15(27)13(9(2)24)21-14(26)10(7-23)20-12(25)6-18/h8-11,13,23-24H,3-7,18H2,1-2H3,(H,19,27)(H,20,25)(H,21,26)(H,29,30). The zero-order chi connectivity index (χ0) is 23.0. The topological polar surface area (TPSA) is 211 Å². The van der Waals surface area contributed by atoms with Gasteiger partial charge in [-0.1, -0.05) is 0 Å². The van der Waals surface area contributed by atoms with Gasteiger partial charge in [0, 0.05) is 6.54 Å². The van der Waals surface area contributed by atoms with E-state index in [1.807, 2.05) is 0 Å². The fourth-order valence-electron chi connectivity index (χ4n) is 3.01. The zero-order valence-electron chi connectivity index (χ0n) is 16.8. The van der Waals surface area contributed by atoms with E-state index in [-0.39, 0.29) is 6.54 Å². The molecule has 170 valence electrons. The highest BCUT2D eigenvalue weighted by atomic mass is 16.4. The van der Waals surface area contributed by atoms with E-state index in [0.717, 1.165) is 4.90 Å². The second-order valence-corrected chi connectivity index (χ2v) is 6.99. The van der Waals surface area contributed by atoms with Crippen molar-refractivity contribution >= 4 is 29.6 Å². The average Bonchev–Trinajstić information content (AvgIpc) is 3.18. The van der Waals surface area contributed by atoms with E-state index < -0.39 is 73.0 Å². The van der Waals surface area contributed by atoms with Crippen LogP contribution in [0.3, 0.4) is 0 Å². The molecule has 0 spiro atoms. The van der Waals surface area contributed by atoms with Crippen LogP contribution < -0.4 is 21.7 Å². The van der Waals surface area contributed by atoms with E-state index >= 15 is 0 Å². The van der Waals surface area contributed by atoms with Gasteiger partial charge >= 0.3 is 5.97 Å². The number of aliphatic carboxylic acids is 1. The first-order valence-electron chi connectivity index (χ1n) is 9.45. The first-order valence-corrected chi connectivity index (χ1v) is 9.45. The van der Waals surface area contributed by atoms with Crippen LogP contribution in [0.5, 0.6) is 0 Å². The van der Waals surface area contributed by atoms with Crippen molar-refractivity contribution in [3.8, 4) is 0 Å². The summed E-state index contributed by atoms with van der Waals surface area (Å²) in [7, 11) is 0. The molecule has 0 aliphatic carbocycles. The summed E-state index contributed by atoms with van der Waals surface area (Å²) in [6.07, 6.45) is -0.544. The highest BCUT2D eigenvalue weighted by Gasteiger charge is 2.37. The van der Waals surface area contributed by atoms with Gasteiger partial charge in [0.15, 0.2) is 0 Å². The number of rotatable bonds is 10. The minimum Gasteiger partial charge on any atom is -0.480 e. The summed E-state index contributed by atoms with van der Waals surface area (Å²) >= 11 is 0. The number of carboxylic acid groups (broad SMARTS) is 1. The lowest BCUT2D eigenvalue weighted by Gasteiger charge is -2.28. The number of aliphatic hydroxyl groups excluding tert-OH is 2. The summed E-state index contributed by atoms with van der Waals surface area (Å²) in [5.74, 6) is -4.28. The van der Waals surface area contributed by atoms with Crippen LogP contribution in [0.4, 0.5) is 0 Å². The van der Waals surface area contributed by atoms with Crippen LogP contribution in [0.2, 0.25) is 0 Å². The van der Waals surface area contributed by atoms with E-state index in [4.69, 9.17) is 5.73 Å². The quantitative estimate of drug-likeness (QED) is 0.179. The second-order valence-electron chi connectivity index (χ2n) is 6.99. The van der Waals surface area contributed by atoms with E-state index in [1.165, 1.54) is 13.8 Å². The Hall–Kier alpha value is -2.77. The number of carbonyl (C=O) groups excluding carboxylic acids is 4. The highest BCUT2D eigenvalue weighted by Crippen LogP contribution is 2.18. The molecule has 0 radical (unpaired) electrons. The largest absolute Gasteiger partial charge is 0.480 e. The molecule has 0 saturated carbocycles. The van der Waals surface area contributed by atoms with Gasteiger partial charge in [-0.3, -0.25) is 19.2 Å². The molecule has 8 N–H and O–H groups in total. The predicted octanol–water partition coefficient (Wildman–Crippen LogP) is -4.13. The molecule has 0 bridgehead atoms. The Balaban J connectivity index is 2.79. The van der Waals surface area contributed by atoms with Crippen LogP contribution in [0.25, 0.3) is 0 Å². The molecule has 30 heavy (non-hydrogen) atoms. The molecule has 1 fully saturated rings. The van der Waals surface area contributed by atoms with Gasteiger partial charge in [0.1, 0.15) is 24.2 Å². The highest BCUT2D eigenvalue weighted by molar-refractivity contribution is 5.95. The van der Waals surface area contributed by atoms with Crippen LogP contribution in [-0.4, -0.2) is 99.8 Å². The molecule has 0 aromatic rings. The van der Waals surface area contributed by atoms with Crippen molar-refractivity contribution in [1.82, 2.24) is 20.9 Å². The summed E-state index contributed by atoms with van der Waals surface area (Å²) in [6.45, 7) is 1.63. The lowest BCUT2D eigenvalue weighted by molar-refractivity contribution is -0.149. The Labute approximate surface area is 173 Å². The summed E-state index contributed by atoms with van der Waals surface area (Å²) in [5, 5.41) is 35.0. The van der Waals surface area contributed by atoms with Crippen molar-refractivity contribution in [2.75, 3.05) is 19.7 Å². The molecule has 13 heteroatoms. The number of carboxylic acids is 1. The maximum atomic E-state index is 12.5. The maximum absolute atomic E-state index is 12.5. The fourth-order valence-corrected chi connectivity index (χ4v) is 3.01. The van der Waals surface area contributed by atoms with Crippen LogP contribution >= 0.6 is 0 Å². The van der Waals surface area contributed by atoms with Gasteiger partial charge in [-0.05, 0) is 26.7 Å². The number of nitrogens with two attached hydrogens (primary N) is 1. The van der Waals surface area contributed by atoms with Gasteiger partial charge < -0.3 is 41.9 Å². The molecule has 13 nitrogen and oxygen atoms in total. The van der Waals surface area contributed by atoms with Crippen molar-refractivity contribution < 1.29 is 39.3 Å². The Morgan fingerprint density at radius 2 is 1.73 bits per heavy atom. The molecule has 5 unspecified atom stereocenters. The minimum absolute atomic E-state index is 0.242. The number of carbonyl (C=O) groups is 5. The third-order valence-corrected chi connectivity index (χ3v) is 4.63. The van der Waals surface area contributed by atoms with Crippen LogP contribution in [0, 0.1) is 0 Å². The zero-order valence-corrected chi connectivity index (χ0v) is 16.8. The van der Waals surface area contributed by atoms with Crippen molar-refractivity contribution in [1.29, 1.82) is 0 Å². The minimum atomic E-state index is -1.49. The molecule has 5 atom stereocenters. The van der Waals surface area contributed by atoms with Crippen molar-refractivity contribution in [2.45, 2.75) is 57.0 Å². The third-order valence-electron chi connectivity index (χ3n) is 4.63. The predicted molar refractivity (Wildman–Crippen MR) is 102 cm³/mol. The summed E-state index contributed by atoms with van der Waals surface area (Å²) < 4.78 is 0. The normalized spacial score (nSPS) is 19.9. The lowest BCUT2D eigenvalue weighted by Crippen LogP contribution is -2.60. The Morgan fingerprint density at radius 3 is 2.23 bits per heavy atom. The molecule has 1 aliphatic heterocycles. The molecular weight excluding hydrogens is 402 g/mol. The Kier molecular flexibility index (Phi) is 9.62. The van der Waals surface area contributed by atoms with Crippen molar-refractivity contribution in [2.24, 2.45) is 5.73 Å². The number of hydrogen-bond donors (Lipinski definition) is 7. The molecular formula is C17H29N5O8. The van der Waals surface area contributed by atoms with Gasteiger partial charge in [-0.25, -0.2) is 4.79 Å². The lowest BCUT2D eigenvalue weighted by atomic mass is 10.1. The van der Waals surface area contributed by atoms with E-state index in [0.29, 0.717) is 12.8 Å². The summed E-state index contributed by atoms with van der Waals surface area (Å²) in [4.78, 5) is 61.0. The Morgan fingerprint density at radius 1 is 1.10 bits per heavy atom. The van der Waals surface area contributed by atoms with E-state index in [1.54, 1.807) is 0 Å². The SMILES string of the molecule is CC(NC(=O)C(NC(=O)C(CO)NC(=O)CN)C(C)O)C(=O)N1CCCC1C(=O)O. The van der Waals surface area contributed by atoms with Crippen LogP contribution in [-0.2, 0) is 24.0 Å². The summed E-state index contributed by atoms with van der Waals surface area (Å²) in [6, 6.07) is -4.97. The van der Waals surface area contributed by atoms with E-state index in [2.05, 4.69) is 16.0 Å². The second kappa shape index (κ2) is 11.4. The monoisotopic (exact) mass is 431 g/mol. The molecule has 1 saturated heterocycles. The van der Waals surface area contributed by atoms with Gasteiger partial charge in [-0.15, -0.1) is 0 Å². The van der Waals surface area contributed by atoms with Gasteiger partial charge in [0.25, 0.3) is 0 Å². The number of aliphatic hydroxyl groups is 2. The molecule has 1 heterocycles. The smallest absolute Gasteiger partial charge is 0.326 e. The van der Waals surface area contributed by atoms with Gasteiger partial charge in [-0.2, -0.15) is 0 Å².